The van der Waals surface area contributed by atoms with Gasteiger partial charge in [-0.15, -0.1) is 0 Å². The van der Waals surface area contributed by atoms with Gasteiger partial charge in [0.1, 0.15) is 5.78 Å². The largest absolute Gasteiger partial charge is 0.393 e. The average Bonchev–Trinajstić information content (AvgIpc) is 2.62. The van der Waals surface area contributed by atoms with Gasteiger partial charge in [-0.1, -0.05) is 26.2 Å². The zero-order chi connectivity index (χ0) is 11.6. The van der Waals surface area contributed by atoms with Crippen LogP contribution in [0.5, 0.6) is 0 Å². The van der Waals surface area contributed by atoms with Crippen LogP contribution in [0.4, 0.5) is 0 Å². The summed E-state index contributed by atoms with van der Waals surface area (Å²) in [6, 6.07) is 0. The SMILES string of the molecule is CCC(O)CCCCC12CCCC1CC2=O. The first-order valence-corrected chi connectivity index (χ1v) is 6.90. The zero-order valence-corrected chi connectivity index (χ0v) is 10.4. The number of Topliss-reactive ketones (excluding diaryl/α,β-unsaturated/α-hetero) is 1. The fraction of sp³-hybridized carbons (Fsp3) is 0.929. The second-order valence-electron chi connectivity index (χ2n) is 5.68. The lowest BCUT2D eigenvalue weighted by Gasteiger charge is -2.43. The Morgan fingerprint density at radius 1 is 1.50 bits per heavy atom. The number of ketones is 1. The summed E-state index contributed by atoms with van der Waals surface area (Å²) in [7, 11) is 0. The Kier molecular flexibility index (Phi) is 3.68. The summed E-state index contributed by atoms with van der Waals surface area (Å²) in [4.78, 5) is 11.8. The lowest BCUT2D eigenvalue weighted by atomic mass is 9.58. The molecule has 3 atom stereocenters. The molecule has 0 amide bonds. The normalized spacial score (nSPS) is 34.6. The van der Waals surface area contributed by atoms with Gasteiger partial charge in [0.2, 0.25) is 0 Å². The Morgan fingerprint density at radius 3 is 2.94 bits per heavy atom. The topological polar surface area (TPSA) is 37.3 Å². The van der Waals surface area contributed by atoms with E-state index in [0.29, 0.717) is 5.78 Å². The van der Waals surface area contributed by atoms with Gasteiger partial charge in [0, 0.05) is 11.8 Å². The molecule has 16 heavy (non-hydrogen) atoms. The summed E-state index contributed by atoms with van der Waals surface area (Å²) in [5.41, 5.74) is 0.108. The molecule has 0 radical (unpaired) electrons. The van der Waals surface area contributed by atoms with E-state index < -0.39 is 0 Å². The number of carbonyl (C=O) groups excluding carboxylic acids is 1. The molecule has 0 bridgehead atoms. The van der Waals surface area contributed by atoms with Crippen molar-refractivity contribution in [2.75, 3.05) is 0 Å². The minimum atomic E-state index is -0.131. The van der Waals surface area contributed by atoms with Crippen LogP contribution in [-0.2, 0) is 4.79 Å². The lowest BCUT2D eigenvalue weighted by Crippen LogP contribution is -2.46. The summed E-state index contributed by atoms with van der Waals surface area (Å²) in [5, 5.41) is 9.47. The highest BCUT2D eigenvalue weighted by Crippen LogP contribution is 2.57. The Morgan fingerprint density at radius 2 is 2.31 bits per heavy atom. The summed E-state index contributed by atoms with van der Waals surface area (Å²) in [6.07, 6.45) is 9.47. The fourth-order valence-electron chi connectivity index (χ4n) is 3.60. The smallest absolute Gasteiger partial charge is 0.139 e. The van der Waals surface area contributed by atoms with E-state index in [1.54, 1.807) is 0 Å². The summed E-state index contributed by atoms with van der Waals surface area (Å²) < 4.78 is 0. The predicted molar refractivity (Wildman–Crippen MR) is 64.2 cm³/mol. The van der Waals surface area contributed by atoms with Crippen molar-refractivity contribution in [1.29, 1.82) is 0 Å². The van der Waals surface area contributed by atoms with Gasteiger partial charge >= 0.3 is 0 Å². The molecule has 92 valence electrons. The highest BCUT2D eigenvalue weighted by molar-refractivity contribution is 5.91. The third-order valence-corrected chi connectivity index (χ3v) is 4.83. The molecule has 2 fully saturated rings. The Labute approximate surface area is 98.4 Å². The highest BCUT2D eigenvalue weighted by Gasteiger charge is 2.55. The van der Waals surface area contributed by atoms with Gasteiger partial charge in [-0.2, -0.15) is 0 Å². The maximum Gasteiger partial charge on any atom is 0.139 e. The van der Waals surface area contributed by atoms with Crippen molar-refractivity contribution in [3.8, 4) is 0 Å². The number of unbranched alkanes of at least 4 members (excludes halogenated alkanes) is 1. The van der Waals surface area contributed by atoms with Crippen LogP contribution in [0.2, 0.25) is 0 Å². The molecule has 0 heterocycles. The minimum Gasteiger partial charge on any atom is -0.393 e. The molecule has 2 rings (SSSR count). The molecule has 2 saturated carbocycles. The van der Waals surface area contributed by atoms with Gasteiger partial charge in [-0.3, -0.25) is 4.79 Å². The number of aliphatic hydroxyl groups is 1. The van der Waals surface area contributed by atoms with Crippen molar-refractivity contribution in [3.05, 3.63) is 0 Å². The van der Waals surface area contributed by atoms with Crippen LogP contribution in [-0.4, -0.2) is 17.0 Å². The minimum absolute atomic E-state index is 0.108. The predicted octanol–water partition coefficient (Wildman–Crippen LogP) is 3.08. The average molecular weight is 224 g/mol. The number of carbonyl (C=O) groups is 1. The molecule has 3 unspecified atom stereocenters. The monoisotopic (exact) mass is 224 g/mol. The van der Waals surface area contributed by atoms with Gasteiger partial charge in [-0.05, 0) is 38.0 Å². The molecule has 2 aliphatic rings. The van der Waals surface area contributed by atoms with E-state index in [-0.39, 0.29) is 11.5 Å². The van der Waals surface area contributed by atoms with Gasteiger partial charge < -0.3 is 5.11 Å². The van der Waals surface area contributed by atoms with E-state index >= 15 is 0 Å². The van der Waals surface area contributed by atoms with Crippen molar-refractivity contribution in [3.63, 3.8) is 0 Å². The second kappa shape index (κ2) is 4.87. The number of hydrogen-bond acceptors (Lipinski definition) is 2. The molecular weight excluding hydrogens is 200 g/mol. The fourth-order valence-corrected chi connectivity index (χ4v) is 3.60. The molecule has 2 nitrogen and oxygen atoms in total. The van der Waals surface area contributed by atoms with E-state index in [4.69, 9.17) is 0 Å². The number of hydrogen-bond donors (Lipinski definition) is 1. The first kappa shape index (κ1) is 12.1. The molecule has 2 aliphatic carbocycles. The summed E-state index contributed by atoms with van der Waals surface area (Å²) in [5.74, 6) is 1.25. The van der Waals surface area contributed by atoms with E-state index in [2.05, 4.69) is 0 Å². The van der Waals surface area contributed by atoms with Gasteiger partial charge in [-0.25, -0.2) is 0 Å². The standard InChI is InChI=1S/C14H24O2/c1-2-12(15)7-3-4-8-14-9-5-6-11(14)10-13(14)16/h11-12,15H,2-10H2,1H3. The van der Waals surface area contributed by atoms with E-state index in [9.17, 15) is 9.90 Å². The first-order valence-electron chi connectivity index (χ1n) is 6.90. The van der Waals surface area contributed by atoms with Crippen molar-refractivity contribution in [2.24, 2.45) is 11.3 Å². The Balaban J connectivity index is 1.71. The van der Waals surface area contributed by atoms with Gasteiger partial charge in [0.15, 0.2) is 0 Å². The molecule has 0 aliphatic heterocycles. The van der Waals surface area contributed by atoms with Crippen molar-refractivity contribution >= 4 is 5.78 Å². The quantitative estimate of drug-likeness (QED) is 0.704. The third-order valence-electron chi connectivity index (χ3n) is 4.83. The molecule has 0 aromatic heterocycles. The summed E-state index contributed by atoms with van der Waals surface area (Å²) in [6.45, 7) is 2.02. The maximum absolute atomic E-state index is 11.8. The van der Waals surface area contributed by atoms with Crippen LogP contribution in [0.3, 0.4) is 0 Å². The Hall–Kier alpha value is -0.370. The van der Waals surface area contributed by atoms with E-state index in [1.165, 1.54) is 12.8 Å². The van der Waals surface area contributed by atoms with Crippen molar-refractivity contribution < 1.29 is 9.90 Å². The van der Waals surface area contributed by atoms with Crippen molar-refractivity contribution in [2.45, 2.75) is 70.8 Å². The van der Waals surface area contributed by atoms with E-state index in [0.717, 1.165) is 50.9 Å². The highest BCUT2D eigenvalue weighted by atomic mass is 16.3. The third kappa shape index (κ3) is 2.04. The molecule has 0 aromatic rings. The summed E-state index contributed by atoms with van der Waals surface area (Å²) >= 11 is 0. The van der Waals surface area contributed by atoms with Crippen LogP contribution >= 0.6 is 0 Å². The zero-order valence-electron chi connectivity index (χ0n) is 10.4. The Bertz CT molecular complexity index is 261. The van der Waals surface area contributed by atoms with Crippen LogP contribution in [0.1, 0.15) is 64.7 Å². The molecule has 0 saturated heterocycles. The molecule has 1 N–H and O–H groups in total. The van der Waals surface area contributed by atoms with Gasteiger partial charge in [0.25, 0.3) is 0 Å². The lowest BCUT2D eigenvalue weighted by molar-refractivity contribution is -0.144. The van der Waals surface area contributed by atoms with Crippen molar-refractivity contribution in [1.82, 2.24) is 0 Å². The second-order valence-corrected chi connectivity index (χ2v) is 5.68. The molecule has 0 spiro atoms. The van der Waals surface area contributed by atoms with Gasteiger partial charge in [0.05, 0.1) is 6.10 Å². The molecular formula is C14H24O2. The first-order chi connectivity index (χ1) is 7.69. The molecule has 0 aromatic carbocycles. The number of rotatable bonds is 6. The number of aliphatic hydroxyl groups excluding tert-OH is 1. The van der Waals surface area contributed by atoms with Crippen LogP contribution in [0.15, 0.2) is 0 Å². The maximum atomic E-state index is 11.8. The van der Waals surface area contributed by atoms with Crippen LogP contribution in [0.25, 0.3) is 0 Å². The number of fused-ring (bicyclic) bond motifs is 1. The molecule has 2 heteroatoms. The van der Waals surface area contributed by atoms with Crippen LogP contribution in [0, 0.1) is 11.3 Å². The van der Waals surface area contributed by atoms with Crippen LogP contribution < -0.4 is 0 Å². The van der Waals surface area contributed by atoms with E-state index in [1.807, 2.05) is 6.92 Å².